The summed E-state index contributed by atoms with van der Waals surface area (Å²) in [4.78, 5) is 12.1. The minimum Gasteiger partial charge on any atom is -0.497 e. The topological polar surface area (TPSA) is 64.3 Å². The highest BCUT2D eigenvalue weighted by molar-refractivity contribution is 9.10. The van der Waals surface area contributed by atoms with Gasteiger partial charge in [-0.2, -0.15) is 0 Å². The van der Waals surface area contributed by atoms with E-state index < -0.39 is 0 Å². The molecule has 0 fully saturated rings. The molecule has 0 spiro atoms. The van der Waals surface area contributed by atoms with Crippen molar-refractivity contribution in [1.29, 1.82) is 0 Å². The number of carbonyl (C=O) groups excluding carboxylic acids is 1. The number of ether oxygens (including phenoxy) is 1. The third-order valence-corrected chi connectivity index (χ3v) is 3.27. The highest BCUT2D eigenvalue weighted by Crippen LogP contribution is 2.24. The Morgan fingerprint density at radius 2 is 1.95 bits per heavy atom. The molecule has 3 N–H and O–H groups in total. The second-order valence-electron chi connectivity index (χ2n) is 4.23. The molecule has 0 atom stereocenters. The van der Waals surface area contributed by atoms with E-state index in [1.807, 2.05) is 24.3 Å². The lowest BCUT2D eigenvalue weighted by atomic mass is 10.1. The summed E-state index contributed by atoms with van der Waals surface area (Å²) in [7, 11) is 1.58. The number of benzene rings is 2. The summed E-state index contributed by atoms with van der Waals surface area (Å²) < 4.78 is 6.00. The van der Waals surface area contributed by atoms with Gasteiger partial charge in [-0.25, -0.2) is 0 Å². The molecule has 0 aliphatic rings. The first-order chi connectivity index (χ1) is 9.62. The minimum absolute atomic E-state index is 0.172. The molecule has 0 heterocycles. The largest absolute Gasteiger partial charge is 0.497 e. The molecule has 1 amide bonds. The molecular formula is C15H15BrN2O2. The van der Waals surface area contributed by atoms with Crippen LogP contribution in [0.2, 0.25) is 0 Å². The molecule has 0 saturated carbocycles. The van der Waals surface area contributed by atoms with Crippen molar-refractivity contribution in [3.63, 3.8) is 0 Å². The number of carbonyl (C=O) groups is 1. The van der Waals surface area contributed by atoms with E-state index in [1.165, 1.54) is 0 Å². The molecule has 2 rings (SSSR count). The fourth-order valence-corrected chi connectivity index (χ4v) is 2.22. The van der Waals surface area contributed by atoms with Crippen molar-refractivity contribution >= 4 is 27.5 Å². The minimum atomic E-state index is -0.172. The number of hydrogen-bond acceptors (Lipinski definition) is 3. The normalized spacial score (nSPS) is 10.2. The van der Waals surface area contributed by atoms with E-state index in [0.717, 1.165) is 10.0 Å². The fraction of sp³-hybridized carbons (Fsp3) is 0.133. The molecular weight excluding hydrogens is 320 g/mol. The van der Waals surface area contributed by atoms with Crippen LogP contribution in [0.3, 0.4) is 0 Å². The fourth-order valence-electron chi connectivity index (χ4n) is 1.75. The Balaban J connectivity index is 2.16. The first-order valence-corrected chi connectivity index (χ1v) is 6.86. The Hall–Kier alpha value is -1.85. The number of anilines is 1. The van der Waals surface area contributed by atoms with E-state index >= 15 is 0 Å². The lowest BCUT2D eigenvalue weighted by molar-refractivity contribution is 0.102. The number of nitrogens with two attached hydrogens (primary N) is 1. The van der Waals surface area contributed by atoms with Gasteiger partial charge >= 0.3 is 0 Å². The molecule has 2 aromatic carbocycles. The first-order valence-electron chi connectivity index (χ1n) is 6.07. The predicted octanol–water partition coefficient (Wildman–Crippen LogP) is 3.17. The van der Waals surface area contributed by atoms with Gasteiger partial charge in [-0.3, -0.25) is 4.79 Å². The van der Waals surface area contributed by atoms with Gasteiger partial charge in [0.15, 0.2) is 0 Å². The van der Waals surface area contributed by atoms with E-state index in [2.05, 4.69) is 21.2 Å². The van der Waals surface area contributed by atoms with Gasteiger partial charge in [-0.05, 0) is 29.8 Å². The van der Waals surface area contributed by atoms with Crippen LogP contribution in [0, 0.1) is 0 Å². The van der Waals surface area contributed by atoms with E-state index in [-0.39, 0.29) is 5.91 Å². The highest BCUT2D eigenvalue weighted by Gasteiger charge is 2.07. The smallest absolute Gasteiger partial charge is 0.255 e. The Labute approximate surface area is 126 Å². The van der Waals surface area contributed by atoms with Crippen LogP contribution in [0.5, 0.6) is 5.75 Å². The predicted molar refractivity (Wildman–Crippen MR) is 83.0 cm³/mol. The SMILES string of the molecule is COc1cc(Br)cc(NC(=O)c2ccc(CN)cc2)c1. The molecule has 0 bridgehead atoms. The highest BCUT2D eigenvalue weighted by atomic mass is 79.9. The summed E-state index contributed by atoms with van der Waals surface area (Å²) >= 11 is 3.37. The zero-order chi connectivity index (χ0) is 14.5. The number of methoxy groups -OCH3 is 1. The van der Waals surface area contributed by atoms with Crippen LogP contribution in [0.4, 0.5) is 5.69 Å². The third-order valence-electron chi connectivity index (χ3n) is 2.82. The number of nitrogens with one attached hydrogen (secondary N) is 1. The van der Waals surface area contributed by atoms with Gasteiger partial charge in [0.05, 0.1) is 7.11 Å². The molecule has 0 aliphatic carbocycles. The van der Waals surface area contributed by atoms with E-state index in [9.17, 15) is 4.79 Å². The van der Waals surface area contributed by atoms with Crippen LogP contribution >= 0.6 is 15.9 Å². The Kier molecular flexibility index (Phi) is 4.76. The van der Waals surface area contributed by atoms with Crippen LogP contribution in [-0.2, 0) is 6.54 Å². The molecule has 0 unspecified atom stereocenters. The molecule has 104 valence electrons. The maximum Gasteiger partial charge on any atom is 0.255 e. The van der Waals surface area contributed by atoms with Crippen LogP contribution < -0.4 is 15.8 Å². The van der Waals surface area contributed by atoms with Crippen molar-refractivity contribution in [2.24, 2.45) is 5.73 Å². The molecule has 4 nitrogen and oxygen atoms in total. The molecule has 2 aromatic rings. The summed E-state index contributed by atoms with van der Waals surface area (Å²) in [5.74, 6) is 0.502. The van der Waals surface area contributed by atoms with E-state index in [1.54, 1.807) is 25.3 Å². The molecule has 0 aromatic heterocycles. The maximum absolute atomic E-state index is 12.1. The van der Waals surface area contributed by atoms with Gasteiger partial charge in [-0.1, -0.05) is 28.1 Å². The molecule has 20 heavy (non-hydrogen) atoms. The van der Waals surface area contributed by atoms with Crippen molar-refractivity contribution < 1.29 is 9.53 Å². The summed E-state index contributed by atoms with van der Waals surface area (Å²) in [6.45, 7) is 0.463. The number of halogens is 1. The molecule has 0 aliphatic heterocycles. The Bertz CT molecular complexity index is 612. The van der Waals surface area contributed by atoms with Crippen molar-refractivity contribution in [3.05, 3.63) is 58.1 Å². The molecule has 0 radical (unpaired) electrons. The first kappa shape index (κ1) is 14.6. The summed E-state index contributed by atoms with van der Waals surface area (Å²) in [5, 5.41) is 2.83. The summed E-state index contributed by atoms with van der Waals surface area (Å²) in [5.41, 5.74) is 7.77. The van der Waals surface area contributed by atoms with Crippen molar-refractivity contribution in [1.82, 2.24) is 0 Å². The van der Waals surface area contributed by atoms with Gasteiger partial charge in [-0.15, -0.1) is 0 Å². The molecule has 5 heteroatoms. The quantitative estimate of drug-likeness (QED) is 0.902. The third kappa shape index (κ3) is 3.59. The van der Waals surface area contributed by atoms with Gasteiger partial charge in [0.25, 0.3) is 5.91 Å². The summed E-state index contributed by atoms with van der Waals surface area (Å²) in [6.07, 6.45) is 0. The number of amides is 1. The van der Waals surface area contributed by atoms with Gasteiger partial charge < -0.3 is 15.8 Å². The molecule has 0 saturated heterocycles. The standard InChI is InChI=1S/C15H15BrN2O2/c1-20-14-7-12(16)6-13(8-14)18-15(19)11-4-2-10(9-17)3-5-11/h2-8H,9,17H2,1H3,(H,18,19). The van der Waals surface area contributed by atoms with Crippen molar-refractivity contribution in [2.75, 3.05) is 12.4 Å². The van der Waals surface area contributed by atoms with Gasteiger partial charge in [0.1, 0.15) is 5.75 Å². The Morgan fingerprint density at radius 1 is 1.25 bits per heavy atom. The zero-order valence-corrected chi connectivity index (χ0v) is 12.6. The zero-order valence-electron chi connectivity index (χ0n) is 11.0. The van der Waals surface area contributed by atoms with E-state index in [4.69, 9.17) is 10.5 Å². The number of hydrogen-bond donors (Lipinski definition) is 2. The average molecular weight is 335 g/mol. The second kappa shape index (κ2) is 6.54. The second-order valence-corrected chi connectivity index (χ2v) is 5.15. The maximum atomic E-state index is 12.1. The lowest BCUT2D eigenvalue weighted by Crippen LogP contribution is -2.12. The number of rotatable bonds is 4. The van der Waals surface area contributed by atoms with Gasteiger partial charge in [0.2, 0.25) is 0 Å². The van der Waals surface area contributed by atoms with E-state index in [0.29, 0.717) is 23.5 Å². The van der Waals surface area contributed by atoms with Crippen molar-refractivity contribution in [2.45, 2.75) is 6.54 Å². The monoisotopic (exact) mass is 334 g/mol. The average Bonchev–Trinajstić information content (AvgIpc) is 2.46. The lowest BCUT2D eigenvalue weighted by Gasteiger charge is -2.08. The van der Waals surface area contributed by atoms with Crippen LogP contribution in [0.15, 0.2) is 46.9 Å². The van der Waals surface area contributed by atoms with Gasteiger partial charge in [0, 0.05) is 28.3 Å². The Morgan fingerprint density at radius 3 is 2.55 bits per heavy atom. The van der Waals surface area contributed by atoms with Crippen LogP contribution in [0.25, 0.3) is 0 Å². The van der Waals surface area contributed by atoms with Crippen LogP contribution in [0.1, 0.15) is 15.9 Å². The summed E-state index contributed by atoms with van der Waals surface area (Å²) in [6, 6.07) is 12.6. The van der Waals surface area contributed by atoms with Crippen LogP contribution in [-0.4, -0.2) is 13.0 Å². The van der Waals surface area contributed by atoms with Crippen molar-refractivity contribution in [3.8, 4) is 5.75 Å².